The van der Waals surface area contributed by atoms with Gasteiger partial charge < -0.3 is 20.7 Å². The molecule has 0 radical (unpaired) electrons. The highest BCUT2D eigenvalue weighted by Crippen LogP contribution is 2.09. The summed E-state index contributed by atoms with van der Waals surface area (Å²) in [5.41, 5.74) is 0.923. The Balaban J connectivity index is 1.93. The minimum atomic E-state index is -0.977. The molecular formula is C19H25N3O5. The van der Waals surface area contributed by atoms with Crippen LogP contribution in [-0.2, 0) is 30.3 Å². The van der Waals surface area contributed by atoms with Crippen molar-refractivity contribution in [3.8, 4) is 0 Å². The molecule has 0 spiro atoms. The molecule has 8 nitrogen and oxygen atoms in total. The van der Waals surface area contributed by atoms with Gasteiger partial charge in [0.1, 0.15) is 18.1 Å². The first-order valence-corrected chi connectivity index (χ1v) is 8.83. The number of ether oxygens (including phenoxy) is 1. The molecule has 3 amide bonds. The van der Waals surface area contributed by atoms with Crippen molar-refractivity contribution in [3.05, 3.63) is 35.9 Å². The molecule has 0 aromatic heterocycles. The van der Waals surface area contributed by atoms with E-state index in [4.69, 9.17) is 0 Å². The summed E-state index contributed by atoms with van der Waals surface area (Å²) in [6, 6.07) is 6.87. The zero-order valence-electron chi connectivity index (χ0n) is 15.7. The summed E-state index contributed by atoms with van der Waals surface area (Å²) < 4.78 is 4.67. The number of benzene rings is 1. The van der Waals surface area contributed by atoms with E-state index in [1.807, 2.05) is 30.3 Å². The Labute approximate surface area is 158 Å². The van der Waals surface area contributed by atoms with Crippen LogP contribution in [0.15, 0.2) is 30.3 Å². The highest BCUT2D eigenvalue weighted by atomic mass is 16.5. The third kappa shape index (κ3) is 5.54. The zero-order valence-corrected chi connectivity index (χ0v) is 15.7. The van der Waals surface area contributed by atoms with Gasteiger partial charge >= 0.3 is 5.97 Å². The molecule has 1 aromatic carbocycles. The van der Waals surface area contributed by atoms with Crippen LogP contribution in [0.1, 0.15) is 25.8 Å². The molecule has 1 heterocycles. The highest BCUT2D eigenvalue weighted by molar-refractivity contribution is 5.99. The number of piperazine rings is 1. The van der Waals surface area contributed by atoms with Crippen molar-refractivity contribution in [3.63, 3.8) is 0 Å². The van der Waals surface area contributed by atoms with Crippen molar-refractivity contribution in [2.45, 2.75) is 44.8 Å². The molecule has 2 rings (SSSR count). The highest BCUT2D eigenvalue weighted by Gasteiger charge is 2.35. The van der Waals surface area contributed by atoms with Crippen LogP contribution in [0.4, 0.5) is 0 Å². The number of esters is 1. The molecule has 0 bridgehead atoms. The van der Waals surface area contributed by atoms with Crippen LogP contribution in [0.3, 0.4) is 0 Å². The van der Waals surface area contributed by atoms with E-state index in [1.54, 1.807) is 13.8 Å². The Morgan fingerprint density at radius 1 is 1.07 bits per heavy atom. The van der Waals surface area contributed by atoms with Crippen LogP contribution in [0.5, 0.6) is 0 Å². The van der Waals surface area contributed by atoms with Crippen LogP contribution >= 0.6 is 0 Å². The first-order chi connectivity index (χ1) is 12.8. The van der Waals surface area contributed by atoms with E-state index in [2.05, 4.69) is 20.7 Å². The Morgan fingerprint density at radius 3 is 2.26 bits per heavy atom. The van der Waals surface area contributed by atoms with E-state index in [0.29, 0.717) is 6.42 Å². The van der Waals surface area contributed by atoms with Crippen molar-refractivity contribution < 1.29 is 23.9 Å². The fourth-order valence-electron chi connectivity index (χ4n) is 2.86. The summed E-state index contributed by atoms with van der Waals surface area (Å²) in [5, 5.41) is 7.80. The van der Waals surface area contributed by atoms with E-state index in [0.717, 1.165) is 5.56 Å². The maximum Gasteiger partial charge on any atom is 0.328 e. The molecular weight excluding hydrogens is 350 g/mol. The SMILES string of the molecule is COC(=O)[C@H](NC(=O)C[C@@H]1NC(=O)[C@H](Cc2ccccc2)NC1=O)C(C)C. The van der Waals surface area contributed by atoms with Crippen LogP contribution in [0.25, 0.3) is 0 Å². The van der Waals surface area contributed by atoms with Gasteiger partial charge in [-0.3, -0.25) is 14.4 Å². The normalized spacial score (nSPS) is 20.4. The fourth-order valence-corrected chi connectivity index (χ4v) is 2.86. The van der Waals surface area contributed by atoms with Gasteiger partial charge in [-0.2, -0.15) is 0 Å². The Morgan fingerprint density at radius 2 is 1.67 bits per heavy atom. The Bertz CT molecular complexity index is 705. The van der Waals surface area contributed by atoms with Gasteiger partial charge in [0.2, 0.25) is 17.7 Å². The topological polar surface area (TPSA) is 114 Å². The molecule has 27 heavy (non-hydrogen) atoms. The number of hydrogen-bond donors (Lipinski definition) is 3. The van der Waals surface area contributed by atoms with Crippen LogP contribution in [0.2, 0.25) is 0 Å². The molecule has 8 heteroatoms. The third-order valence-electron chi connectivity index (χ3n) is 4.38. The Kier molecular flexibility index (Phi) is 6.92. The van der Waals surface area contributed by atoms with Crippen LogP contribution in [-0.4, -0.2) is 48.9 Å². The molecule has 146 valence electrons. The van der Waals surface area contributed by atoms with Gasteiger partial charge in [-0.15, -0.1) is 0 Å². The lowest BCUT2D eigenvalue weighted by molar-refractivity contribution is -0.146. The van der Waals surface area contributed by atoms with Gasteiger partial charge in [-0.1, -0.05) is 44.2 Å². The maximum atomic E-state index is 12.3. The van der Waals surface area contributed by atoms with Gasteiger partial charge in [0.25, 0.3) is 0 Å². The lowest BCUT2D eigenvalue weighted by atomic mass is 10.00. The summed E-state index contributed by atoms with van der Waals surface area (Å²) in [7, 11) is 1.24. The average Bonchev–Trinajstić information content (AvgIpc) is 2.63. The number of rotatable bonds is 7. The van der Waals surface area contributed by atoms with Crippen LogP contribution in [0, 0.1) is 5.92 Å². The summed E-state index contributed by atoms with van der Waals surface area (Å²) >= 11 is 0. The van der Waals surface area contributed by atoms with E-state index < -0.39 is 35.9 Å². The van der Waals surface area contributed by atoms with Crippen molar-refractivity contribution in [2.75, 3.05) is 7.11 Å². The summed E-state index contributed by atoms with van der Waals surface area (Å²) in [5.74, 6) is -2.01. The van der Waals surface area contributed by atoms with E-state index in [-0.39, 0.29) is 18.2 Å². The van der Waals surface area contributed by atoms with Crippen molar-refractivity contribution >= 4 is 23.7 Å². The molecule has 3 atom stereocenters. The zero-order chi connectivity index (χ0) is 20.0. The monoisotopic (exact) mass is 375 g/mol. The fraction of sp³-hybridized carbons (Fsp3) is 0.474. The average molecular weight is 375 g/mol. The number of carbonyl (C=O) groups excluding carboxylic acids is 4. The van der Waals surface area contributed by atoms with E-state index in [1.165, 1.54) is 7.11 Å². The predicted octanol–water partition coefficient (Wildman–Crippen LogP) is -0.0838. The molecule has 1 aromatic rings. The molecule has 0 saturated carbocycles. The molecule has 3 N–H and O–H groups in total. The van der Waals surface area contributed by atoms with Crippen molar-refractivity contribution in [2.24, 2.45) is 5.92 Å². The molecule has 1 aliphatic rings. The van der Waals surface area contributed by atoms with E-state index in [9.17, 15) is 19.2 Å². The maximum absolute atomic E-state index is 12.3. The van der Waals surface area contributed by atoms with Gasteiger partial charge in [0, 0.05) is 6.42 Å². The first-order valence-electron chi connectivity index (χ1n) is 8.83. The number of amides is 3. The Hall–Kier alpha value is -2.90. The van der Waals surface area contributed by atoms with Gasteiger partial charge in [0.15, 0.2) is 0 Å². The summed E-state index contributed by atoms with van der Waals surface area (Å²) in [4.78, 5) is 48.5. The first kappa shape index (κ1) is 20.4. The number of carbonyl (C=O) groups is 4. The number of hydrogen-bond acceptors (Lipinski definition) is 5. The largest absolute Gasteiger partial charge is 0.467 e. The third-order valence-corrected chi connectivity index (χ3v) is 4.38. The second kappa shape index (κ2) is 9.16. The minimum absolute atomic E-state index is 0.175. The molecule has 0 aliphatic carbocycles. The lowest BCUT2D eigenvalue weighted by Crippen LogP contribution is -2.63. The number of methoxy groups -OCH3 is 1. The second-order valence-electron chi connectivity index (χ2n) is 6.83. The van der Waals surface area contributed by atoms with Gasteiger partial charge in [0.05, 0.1) is 13.5 Å². The minimum Gasteiger partial charge on any atom is -0.467 e. The lowest BCUT2D eigenvalue weighted by Gasteiger charge is -2.30. The summed E-state index contributed by atoms with van der Waals surface area (Å²) in [6.45, 7) is 3.54. The second-order valence-corrected chi connectivity index (χ2v) is 6.83. The molecule has 1 aliphatic heterocycles. The molecule has 1 saturated heterocycles. The van der Waals surface area contributed by atoms with Gasteiger partial charge in [-0.05, 0) is 11.5 Å². The smallest absolute Gasteiger partial charge is 0.328 e. The van der Waals surface area contributed by atoms with Gasteiger partial charge in [-0.25, -0.2) is 4.79 Å². The standard InChI is InChI=1S/C19H25N3O5/c1-11(2)16(19(26)27-3)22-15(23)10-14-18(25)20-13(17(24)21-14)9-12-7-5-4-6-8-12/h4-8,11,13-14,16H,9-10H2,1-3H3,(H,20,25)(H,21,24)(H,22,23)/t13-,14-,16+/m0/s1. The predicted molar refractivity (Wildman–Crippen MR) is 97.4 cm³/mol. The van der Waals surface area contributed by atoms with Crippen LogP contribution < -0.4 is 16.0 Å². The van der Waals surface area contributed by atoms with E-state index >= 15 is 0 Å². The summed E-state index contributed by atoms with van der Waals surface area (Å²) in [6.07, 6.45) is 0.116. The molecule has 1 fully saturated rings. The van der Waals surface area contributed by atoms with Crippen molar-refractivity contribution in [1.29, 1.82) is 0 Å². The van der Waals surface area contributed by atoms with Crippen molar-refractivity contribution in [1.82, 2.24) is 16.0 Å². The number of nitrogens with one attached hydrogen (secondary N) is 3. The molecule has 0 unspecified atom stereocenters. The quantitative estimate of drug-likeness (QED) is 0.577.